The van der Waals surface area contributed by atoms with Crippen molar-refractivity contribution in [3.05, 3.63) is 47.3 Å². The van der Waals surface area contributed by atoms with E-state index in [-0.39, 0.29) is 11.4 Å². The molecular formula is C22H28FN. The van der Waals surface area contributed by atoms with Crippen LogP contribution in [-0.2, 0) is 0 Å². The van der Waals surface area contributed by atoms with Crippen LogP contribution in [0.15, 0.2) is 30.4 Å². The molecule has 0 bridgehead atoms. The van der Waals surface area contributed by atoms with Crippen molar-refractivity contribution < 1.29 is 4.39 Å². The van der Waals surface area contributed by atoms with Crippen LogP contribution in [0.1, 0.15) is 75.3 Å². The maximum absolute atomic E-state index is 13.8. The van der Waals surface area contributed by atoms with Gasteiger partial charge in [-0.2, -0.15) is 5.26 Å². The largest absolute Gasteiger partial charge is 0.206 e. The van der Waals surface area contributed by atoms with E-state index in [1.807, 2.05) is 12.1 Å². The molecule has 2 saturated carbocycles. The monoisotopic (exact) mass is 325 g/mol. The van der Waals surface area contributed by atoms with E-state index in [0.717, 1.165) is 30.2 Å². The van der Waals surface area contributed by atoms with Crippen molar-refractivity contribution in [3.8, 4) is 6.07 Å². The number of nitriles is 1. The first-order valence-corrected chi connectivity index (χ1v) is 9.53. The second kappa shape index (κ2) is 7.97. The van der Waals surface area contributed by atoms with Gasteiger partial charge in [0, 0.05) is 0 Å². The van der Waals surface area contributed by atoms with Crippen molar-refractivity contribution in [1.29, 1.82) is 5.26 Å². The minimum absolute atomic E-state index is 0.150. The summed E-state index contributed by atoms with van der Waals surface area (Å²) in [5.41, 5.74) is 1.22. The molecule has 1 aromatic rings. The summed E-state index contributed by atoms with van der Waals surface area (Å²) in [6.07, 6.45) is 15.1. The van der Waals surface area contributed by atoms with Crippen LogP contribution in [0.2, 0.25) is 0 Å². The zero-order valence-corrected chi connectivity index (χ0v) is 14.7. The summed E-state index contributed by atoms with van der Waals surface area (Å²) in [7, 11) is 0. The fourth-order valence-corrected chi connectivity index (χ4v) is 4.31. The number of nitrogens with zero attached hydrogens (tertiary/aromatic N) is 1. The van der Waals surface area contributed by atoms with Crippen molar-refractivity contribution >= 4 is 0 Å². The highest BCUT2D eigenvalue weighted by Gasteiger charge is 2.22. The number of halogens is 1. The van der Waals surface area contributed by atoms with E-state index in [1.54, 1.807) is 12.1 Å². The van der Waals surface area contributed by atoms with Crippen LogP contribution in [0.4, 0.5) is 4.39 Å². The molecule has 0 aromatic heterocycles. The van der Waals surface area contributed by atoms with E-state index >= 15 is 0 Å². The van der Waals surface area contributed by atoms with E-state index in [0.29, 0.717) is 11.8 Å². The zero-order valence-electron chi connectivity index (χ0n) is 14.7. The van der Waals surface area contributed by atoms with Crippen LogP contribution in [0, 0.1) is 34.9 Å². The van der Waals surface area contributed by atoms with E-state index in [1.165, 1.54) is 38.5 Å². The fraction of sp³-hybridized carbons (Fsp3) is 0.591. The Kier molecular flexibility index (Phi) is 5.72. The Morgan fingerprint density at radius 2 is 1.54 bits per heavy atom. The molecule has 0 radical (unpaired) electrons. The van der Waals surface area contributed by atoms with Gasteiger partial charge in [-0.25, -0.2) is 4.39 Å². The minimum Gasteiger partial charge on any atom is -0.206 e. The first-order valence-electron chi connectivity index (χ1n) is 9.53. The number of hydrogen-bond acceptors (Lipinski definition) is 1. The Hall–Kier alpha value is -1.62. The van der Waals surface area contributed by atoms with Crippen LogP contribution in [0.3, 0.4) is 0 Å². The topological polar surface area (TPSA) is 23.8 Å². The van der Waals surface area contributed by atoms with Gasteiger partial charge in [-0.1, -0.05) is 38.0 Å². The van der Waals surface area contributed by atoms with Crippen LogP contribution in [0.25, 0.3) is 0 Å². The molecule has 2 aliphatic carbocycles. The van der Waals surface area contributed by atoms with Crippen LogP contribution < -0.4 is 0 Å². The SMILES string of the molecule is CC1CCC(C=CC2CCC(c3ccc(C#N)c(F)c3)CC2)CC1. The van der Waals surface area contributed by atoms with Crippen LogP contribution >= 0.6 is 0 Å². The summed E-state index contributed by atoms with van der Waals surface area (Å²) in [5.74, 6) is 2.49. The van der Waals surface area contributed by atoms with Gasteiger partial charge in [0.2, 0.25) is 0 Å². The summed E-state index contributed by atoms with van der Waals surface area (Å²) in [4.78, 5) is 0. The molecule has 128 valence electrons. The first-order chi connectivity index (χ1) is 11.7. The molecule has 0 aliphatic heterocycles. The third-order valence-corrected chi connectivity index (χ3v) is 6.07. The minimum atomic E-state index is -0.372. The molecule has 0 spiro atoms. The van der Waals surface area contributed by atoms with Gasteiger partial charge in [0.25, 0.3) is 0 Å². The Morgan fingerprint density at radius 3 is 2.08 bits per heavy atom. The molecule has 24 heavy (non-hydrogen) atoms. The summed E-state index contributed by atoms with van der Waals surface area (Å²) in [6.45, 7) is 2.37. The standard InChI is InChI=1S/C22H28FN/c1-16-2-4-17(5-3-16)6-7-18-8-10-19(11-9-18)20-12-13-21(15-24)22(23)14-20/h6-7,12-14,16-19H,2-5,8-11H2,1H3. The van der Waals surface area contributed by atoms with Crippen molar-refractivity contribution in [1.82, 2.24) is 0 Å². The quantitative estimate of drug-likeness (QED) is 0.594. The van der Waals surface area contributed by atoms with Gasteiger partial charge in [-0.15, -0.1) is 0 Å². The van der Waals surface area contributed by atoms with E-state index in [9.17, 15) is 4.39 Å². The first kappa shape index (κ1) is 17.2. The van der Waals surface area contributed by atoms with Crippen molar-refractivity contribution in [3.63, 3.8) is 0 Å². The number of allylic oxidation sites excluding steroid dienone is 2. The molecule has 2 fully saturated rings. The molecular weight excluding hydrogens is 297 g/mol. The Balaban J connectivity index is 1.50. The maximum Gasteiger partial charge on any atom is 0.141 e. The Morgan fingerprint density at radius 1 is 0.958 bits per heavy atom. The molecule has 3 rings (SSSR count). The average molecular weight is 325 g/mol. The molecule has 2 heteroatoms. The summed E-state index contributed by atoms with van der Waals surface area (Å²) >= 11 is 0. The summed E-state index contributed by atoms with van der Waals surface area (Å²) in [5, 5.41) is 8.84. The molecule has 1 aromatic carbocycles. The van der Waals surface area contributed by atoms with E-state index in [2.05, 4.69) is 19.1 Å². The normalized spacial score (nSPS) is 31.0. The maximum atomic E-state index is 13.8. The predicted octanol–water partition coefficient (Wildman–Crippen LogP) is 6.35. The molecule has 0 atom stereocenters. The highest BCUT2D eigenvalue weighted by molar-refractivity contribution is 5.35. The van der Waals surface area contributed by atoms with Gasteiger partial charge < -0.3 is 0 Å². The molecule has 0 unspecified atom stereocenters. The third kappa shape index (κ3) is 4.26. The van der Waals surface area contributed by atoms with Gasteiger partial charge >= 0.3 is 0 Å². The Labute approximate surface area is 145 Å². The molecule has 0 N–H and O–H groups in total. The number of benzene rings is 1. The van der Waals surface area contributed by atoms with Gasteiger partial charge in [-0.05, 0) is 79.9 Å². The Bertz CT molecular complexity index is 611. The molecule has 0 amide bonds. The molecule has 0 saturated heterocycles. The van der Waals surface area contributed by atoms with E-state index in [4.69, 9.17) is 5.26 Å². The van der Waals surface area contributed by atoms with Gasteiger partial charge in [0.15, 0.2) is 0 Å². The average Bonchev–Trinajstić information content (AvgIpc) is 2.61. The molecule has 2 aliphatic rings. The van der Waals surface area contributed by atoms with Gasteiger partial charge in [0.05, 0.1) is 5.56 Å². The van der Waals surface area contributed by atoms with Crippen LogP contribution in [-0.4, -0.2) is 0 Å². The van der Waals surface area contributed by atoms with Crippen molar-refractivity contribution in [2.45, 2.75) is 64.2 Å². The van der Waals surface area contributed by atoms with Crippen molar-refractivity contribution in [2.75, 3.05) is 0 Å². The van der Waals surface area contributed by atoms with Gasteiger partial charge in [-0.3, -0.25) is 0 Å². The second-order valence-electron chi connectivity index (χ2n) is 7.87. The lowest BCUT2D eigenvalue weighted by molar-refractivity contribution is 0.326. The lowest BCUT2D eigenvalue weighted by Gasteiger charge is -2.28. The summed E-state index contributed by atoms with van der Waals surface area (Å²) in [6, 6.07) is 7.03. The lowest BCUT2D eigenvalue weighted by atomic mass is 9.77. The van der Waals surface area contributed by atoms with Crippen molar-refractivity contribution in [2.24, 2.45) is 17.8 Å². The highest BCUT2D eigenvalue weighted by atomic mass is 19.1. The van der Waals surface area contributed by atoms with Crippen LogP contribution in [0.5, 0.6) is 0 Å². The molecule has 1 nitrogen and oxygen atoms in total. The zero-order chi connectivity index (χ0) is 16.9. The molecule has 0 heterocycles. The van der Waals surface area contributed by atoms with E-state index < -0.39 is 0 Å². The third-order valence-electron chi connectivity index (χ3n) is 6.07. The summed E-state index contributed by atoms with van der Waals surface area (Å²) < 4.78 is 13.8. The highest BCUT2D eigenvalue weighted by Crippen LogP contribution is 2.37. The predicted molar refractivity (Wildman–Crippen MR) is 96.1 cm³/mol. The fourth-order valence-electron chi connectivity index (χ4n) is 4.31. The second-order valence-corrected chi connectivity index (χ2v) is 7.87. The smallest absolute Gasteiger partial charge is 0.141 e. The van der Waals surface area contributed by atoms with Gasteiger partial charge in [0.1, 0.15) is 11.9 Å². The number of rotatable bonds is 3. The number of hydrogen-bond donors (Lipinski definition) is 0. The lowest BCUT2D eigenvalue weighted by Crippen LogP contribution is -2.13.